The molecule has 2 saturated heterocycles. The minimum Gasteiger partial charge on any atom is -0.329 e. The van der Waals surface area contributed by atoms with Crippen LogP contribution in [0.15, 0.2) is 0 Å². The fourth-order valence-corrected chi connectivity index (χ4v) is 5.04. The number of nitrogens with two attached hydrogens (primary N) is 1. The molecule has 2 rings (SSSR count). The van der Waals surface area contributed by atoms with Gasteiger partial charge in [-0.05, 0) is 24.5 Å². The van der Waals surface area contributed by atoms with E-state index in [0.717, 1.165) is 12.5 Å². The smallest absolute Gasteiger partial charge is 0.0448 e. The van der Waals surface area contributed by atoms with Crippen molar-refractivity contribution in [2.45, 2.75) is 44.4 Å². The molecule has 2 fully saturated rings. The molecule has 0 aliphatic carbocycles. The van der Waals surface area contributed by atoms with Crippen molar-refractivity contribution < 1.29 is 0 Å². The van der Waals surface area contributed by atoms with E-state index in [9.17, 15) is 0 Å². The van der Waals surface area contributed by atoms with E-state index in [1.54, 1.807) is 0 Å². The highest BCUT2D eigenvalue weighted by atomic mass is 32.2. The summed E-state index contributed by atoms with van der Waals surface area (Å²) in [6.07, 6.45) is 2.63. The lowest BCUT2D eigenvalue weighted by molar-refractivity contribution is 0.0258. The summed E-state index contributed by atoms with van der Waals surface area (Å²) in [6.45, 7) is 13.9. The molecule has 0 saturated carbocycles. The molecular formula is C15H31N3S. The Balaban J connectivity index is 1.94. The Morgan fingerprint density at radius 1 is 1.26 bits per heavy atom. The highest BCUT2D eigenvalue weighted by molar-refractivity contribution is 8.00. The maximum Gasteiger partial charge on any atom is 0.0448 e. The lowest BCUT2D eigenvalue weighted by Gasteiger charge is -2.52. The molecule has 4 heteroatoms. The summed E-state index contributed by atoms with van der Waals surface area (Å²) in [5.41, 5.74) is 6.48. The number of hydrogen-bond acceptors (Lipinski definition) is 4. The highest BCUT2D eigenvalue weighted by Gasteiger charge is 2.43. The molecule has 0 aromatic carbocycles. The average molecular weight is 286 g/mol. The van der Waals surface area contributed by atoms with Crippen molar-refractivity contribution in [1.29, 1.82) is 0 Å². The second-order valence-electron chi connectivity index (χ2n) is 6.61. The Bertz CT molecular complexity index is 277. The normalized spacial score (nSPS) is 34.9. The third-order valence-electron chi connectivity index (χ3n) is 4.86. The van der Waals surface area contributed by atoms with Crippen LogP contribution in [-0.4, -0.2) is 65.6 Å². The molecular weight excluding hydrogens is 254 g/mol. The first-order chi connectivity index (χ1) is 9.08. The van der Waals surface area contributed by atoms with Gasteiger partial charge in [0.15, 0.2) is 0 Å². The molecule has 2 heterocycles. The first-order valence-corrected chi connectivity index (χ1v) is 8.92. The van der Waals surface area contributed by atoms with Crippen LogP contribution in [0.3, 0.4) is 0 Å². The van der Waals surface area contributed by atoms with E-state index in [1.165, 1.54) is 51.3 Å². The van der Waals surface area contributed by atoms with Crippen LogP contribution >= 0.6 is 11.8 Å². The van der Waals surface area contributed by atoms with Crippen LogP contribution in [0.2, 0.25) is 0 Å². The van der Waals surface area contributed by atoms with Crippen LogP contribution < -0.4 is 5.73 Å². The maximum atomic E-state index is 6.21. The van der Waals surface area contributed by atoms with E-state index >= 15 is 0 Å². The zero-order valence-corrected chi connectivity index (χ0v) is 13.7. The minimum atomic E-state index is 0.271. The van der Waals surface area contributed by atoms with Crippen LogP contribution in [-0.2, 0) is 0 Å². The van der Waals surface area contributed by atoms with Crippen LogP contribution in [0.5, 0.6) is 0 Å². The molecule has 2 N–H and O–H groups in total. The maximum absolute atomic E-state index is 6.21. The molecule has 2 atom stereocenters. The number of hydrogen-bond donors (Lipinski definition) is 1. The predicted octanol–water partition coefficient (Wildman–Crippen LogP) is 1.87. The third-order valence-corrected chi connectivity index (χ3v) is 6.32. The van der Waals surface area contributed by atoms with Crippen LogP contribution in [0.25, 0.3) is 0 Å². The van der Waals surface area contributed by atoms with Gasteiger partial charge in [-0.1, -0.05) is 20.8 Å². The van der Waals surface area contributed by atoms with E-state index in [-0.39, 0.29) is 5.54 Å². The van der Waals surface area contributed by atoms with Gasteiger partial charge in [-0.15, -0.1) is 0 Å². The van der Waals surface area contributed by atoms with Crippen molar-refractivity contribution in [2.75, 3.05) is 45.0 Å². The van der Waals surface area contributed by atoms with Gasteiger partial charge in [-0.2, -0.15) is 11.8 Å². The first-order valence-electron chi connectivity index (χ1n) is 7.87. The Morgan fingerprint density at radius 2 is 1.95 bits per heavy atom. The summed E-state index contributed by atoms with van der Waals surface area (Å²) < 4.78 is 0. The van der Waals surface area contributed by atoms with E-state index in [0.29, 0.717) is 5.25 Å². The molecule has 0 spiro atoms. The Kier molecular flexibility index (Phi) is 5.58. The molecule has 0 radical (unpaired) electrons. The van der Waals surface area contributed by atoms with E-state index < -0.39 is 0 Å². The standard InChI is InChI=1S/C15H31N3S/c1-13(2)11-17-6-8-18(9-7-17)15(12-16)5-4-10-19-14(15)3/h13-14H,4-12,16H2,1-3H3. The molecule has 2 aliphatic rings. The zero-order chi connectivity index (χ0) is 13.9. The van der Waals surface area contributed by atoms with E-state index in [1.807, 2.05) is 0 Å². The number of nitrogens with zero attached hydrogens (tertiary/aromatic N) is 2. The SMILES string of the molecule is CC(C)CN1CCN(C2(CN)CCCSC2C)CC1. The van der Waals surface area contributed by atoms with Crippen LogP contribution in [0, 0.1) is 5.92 Å². The Morgan fingerprint density at radius 3 is 2.47 bits per heavy atom. The van der Waals surface area contributed by atoms with Crippen LogP contribution in [0.4, 0.5) is 0 Å². The molecule has 3 nitrogen and oxygen atoms in total. The van der Waals surface area contributed by atoms with Gasteiger partial charge in [0.05, 0.1) is 0 Å². The average Bonchev–Trinajstić information content (AvgIpc) is 2.40. The molecule has 2 unspecified atom stereocenters. The van der Waals surface area contributed by atoms with Gasteiger partial charge in [0.25, 0.3) is 0 Å². The topological polar surface area (TPSA) is 32.5 Å². The lowest BCUT2D eigenvalue weighted by atomic mass is 9.87. The quantitative estimate of drug-likeness (QED) is 0.855. The summed E-state index contributed by atoms with van der Waals surface area (Å²) >= 11 is 2.12. The largest absolute Gasteiger partial charge is 0.329 e. The van der Waals surface area contributed by atoms with Gasteiger partial charge >= 0.3 is 0 Å². The Hall–Kier alpha value is 0.230. The van der Waals surface area contributed by atoms with Crippen molar-refractivity contribution in [3.63, 3.8) is 0 Å². The van der Waals surface area contributed by atoms with E-state index in [2.05, 4.69) is 42.3 Å². The molecule has 0 aromatic rings. The van der Waals surface area contributed by atoms with Crippen molar-refractivity contribution in [3.8, 4) is 0 Å². The van der Waals surface area contributed by atoms with E-state index in [4.69, 9.17) is 5.73 Å². The van der Waals surface area contributed by atoms with Crippen molar-refractivity contribution in [2.24, 2.45) is 11.7 Å². The van der Waals surface area contributed by atoms with Crippen LogP contribution in [0.1, 0.15) is 33.6 Å². The number of thioether (sulfide) groups is 1. The molecule has 19 heavy (non-hydrogen) atoms. The zero-order valence-electron chi connectivity index (χ0n) is 12.9. The lowest BCUT2D eigenvalue weighted by Crippen LogP contribution is -2.65. The second-order valence-corrected chi connectivity index (χ2v) is 8.05. The van der Waals surface area contributed by atoms with Crippen molar-refractivity contribution in [3.05, 3.63) is 0 Å². The highest BCUT2D eigenvalue weighted by Crippen LogP contribution is 2.38. The summed E-state index contributed by atoms with van der Waals surface area (Å²) in [6, 6.07) is 0. The van der Waals surface area contributed by atoms with Gasteiger partial charge in [0, 0.05) is 50.1 Å². The summed E-state index contributed by atoms with van der Waals surface area (Å²) in [4.78, 5) is 5.33. The van der Waals surface area contributed by atoms with Crippen molar-refractivity contribution in [1.82, 2.24) is 9.80 Å². The summed E-state index contributed by atoms with van der Waals surface area (Å²) in [7, 11) is 0. The summed E-state index contributed by atoms with van der Waals surface area (Å²) in [5.74, 6) is 2.09. The molecule has 0 aromatic heterocycles. The summed E-state index contributed by atoms with van der Waals surface area (Å²) in [5, 5.41) is 0.683. The molecule has 112 valence electrons. The van der Waals surface area contributed by atoms with Gasteiger partial charge in [0.2, 0.25) is 0 Å². The fraction of sp³-hybridized carbons (Fsp3) is 1.00. The minimum absolute atomic E-state index is 0.271. The van der Waals surface area contributed by atoms with Crippen molar-refractivity contribution >= 4 is 11.8 Å². The van der Waals surface area contributed by atoms with Gasteiger partial charge in [-0.3, -0.25) is 4.90 Å². The molecule has 2 aliphatic heterocycles. The molecule has 0 amide bonds. The monoisotopic (exact) mass is 285 g/mol. The second kappa shape index (κ2) is 6.79. The predicted molar refractivity (Wildman–Crippen MR) is 85.8 cm³/mol. The van der Waals surface area contributed by atoms with Gasteiger partial charge in [0.1, 0.15) is 0 Å². The first kappa shape index (κ1) is 15.6. The Labute approximate surface area is 123 Å². The fourth-order valence-electron chi connectivity index (χ4n) is 3.70. The number of piperazine rings is 1. The molecule has 0 bridgehead atoms. The van der Waals surface area contributed by atoms with Gasteiger partial charge in [-0.25, -0.2) is 0 Å². The number of rotatable bonds is 4. The van der Waals surface area contributed by atoms with Gasteiger partial charge < -0.3 is 10.6 Å². The third kappa shape index (κ3) is 3.46.